The topological polar surface area (TPSA) is 98.2 Å². The standard InChI is InChI=1S/C24H23N3O5/c1-30-20-11-7-17(8-12-20)23(28)26-19-9-5-18(6-10-19)24(29)27-25-15-16-4-13-21(31-2)22(14-16)32-3/h4-15H,1-3H3,(H,26,28)(H,27,29)/b25-15-. The Morgan fingerprint density at radius 1 is 0.750 bits per heavy atom. The molecule has 0 saturated heterocycles. The molecule has 0 atom stereocenters. The lowest BCUT2D eigenvalue weighted by Crippen LogP contribution is -2.18. The number of nitrogens with one attached hydrogen (secondary N) is 2. The highest BCUT2D eigenvalue weighted by Crippen LogP contribution is 2.26. The van der Waals surface area contributed by atoms with Crippen molar-refractivity contribution >= 4 is 23.7 Å². The van der Waals surface area contributed by atoms with E-state index in [9.17, 15) is 9.59 Å². The van der Waals surface area contributed by atoms with Crippen LogP contribution >= 0.6 is 0 Å². The van der Waals surface area contributed by atoms with Gasteiger partial charge < -0.3 is 19.5 Å². The van der Waals surface area contributed by atoms with Crippen LogP contribution in [0, 0.1) is 0 Å². The molecule has 0 aromatic heterocycles. The van der Waals surface area contributed by atoms with E-state index in [1.54, 1.807) is 88.1 Å². The molecule has 0 spiro atoms. The summed E-state index contributed by atoms with van der Waals surface area (Å²) < 4.78 is 15.5. The maximum Gasteiger partial charge on any atom is 0.271 e. The van der Waals surface area contributed by atoms with Gasteiger partial charge in [-0.15, -0.1) is 0 Å². The van der Waals surface area contributed by atoms with Crippen LogP contribution in [0.5, 0.6) is 17.2 Å². The van der Waals surface area contributed by atoms with E-state index in [0.717, 1.165) is 5.56 Å². The van der Waals surface area contributed by atoms with Crippen LogP contribution in [0.3, 0.4) is 0 Å². The summed E-state index contributed by atoms with van der Waals surface area (Å²) in [5.74, 6) is 1.20. The molecule has 0 aliphatic heterocycles. The van der Waals surface area contributed by atoms with Gasteiger partial charge in [-0.1, -0.05) is 0 Å². The van der Waals surface area contributed by atoms with Crippen molar-refractivity contribution in [1.29, 1.82) is 0 Å². The summed E-state index contributed by atoms with van der Waals surface area (Å²) in [5.41, 5.74) is 4.67. The van der Waals surface area contributed by atoms with Gasteiger partial charge in [0.2, 0.25) is 0 Å². The van der Waals surface area contributed by atoms with Crippen molar-refractivity contribution in [1.82, 2.24) is 5.43 Å². The summed E-state index contributed by atoms with van der Waals surface area (Å²) in [6.45, 7) is 0. The first-order valence-electron chi connectivity index (χ1n) is 9.65. The fourth-order valence-electron chi connectivity index (χ4n) is 2.81. The highest BCUT2D eigenvalue weighted by Gasteiger charge is 2.08. The van der Waals surface area contributed by atoms with Crippen molar-refractivity contribution in [3.05, 3.63) is 83.4 Å². The summed E-state index contributed by atoms with van der Waals surface area (Å²) in [4.78, 5) is 24.6. The van der Waals surface area contributed by atoms with E-state index in [2.05, 4.69) is 15.8 Å². The van der Waals surface area contributed by atoms with Crippen LogP contribution in [0.4, 0.5) is 5.69 Å². The molecular weight excluding hydrogens is 410 g/mol. The number of nitrogens with zero attached hydrogens (tertiary/aromatic N) is 1. The molecule has 0 bridgehead atoms. The van der Waals surface area contributed by atoms with E-state index in [1.807, 2.05) is 0 Å². The summed E-state index contributed by atoms with van der Waals surface area (Å²) in [5, 5.41) is 6.76. The Balaban J connectivity index is 1.57. The molecule has 0 radical (unpaired) electrons. The number of carbonyl (C=O) groups excluding carboxylic acids is 2. The number of amides is 2. The van der Waals surface area contributed by atoms with Crippen molar-refractivity contribution in [2.24, 2.45) is 5.10 Å². The van der Waals surface area contributed by atoms with E-state index in [-0.39, 0.29) is 11.8 Å². The first-order valence-corrected chi connectivity index (χ1v) is 9.65. The van der Waals surface area contributed by atoms with Gasteiger partial charge in [-0.3, -0.25) is 9.59 Å². The highest BCUT2D eigenvalue weighted by atomic mass is 16.5. The lowest BCUT2D eigenvalue weighted by Gasteiger charge is -2.08. The minimum absolute atomic E-state index is 0.260. The average Bonchev–Trinajstić information content (AvgIpc) is 2.84. The smallest absolute Gasteiger partial charge is 0.271 e. The summed E-state index contributed by atoms with van der Waals surface area (Å²) in [6.07, 6.45) is 1.50. The van der Waals surface area contributed by atoms with Gasteiger partial charge in [0.25, 0.3) is 11.8 Å². The summed E-state index contributed by atoms with van der Waals surface area (Å²) in [6, 6.07) is 18.6. The number of carbonyl (C=O) groups is 2. The number of methoxy groups -OCH3 is 3. The third-order valence-electron chi connectivity index (χ3n) is 4.54. The van der Waals surface area contributed by atoms with E-state index >= 15 is 0 Å². The molecule has 0 fully saturated rings. The number of anilines is 1. The minimum atomic E-state index is -0.380. The molecule has 0 heterocycles. The van der Waals surface area contributed by atoms with Gasteiger partial charge in [0, 0.05) is 16.8 Å². The maximum atomic E-state index is 12.3. The SMILES string of the molecule is COc1ccc(C(=O)Nc2ccc(C(=O)N/N=C\c3ccc(OC)c(OC)c3)cc2)cc1. The van der Waals surface area contributed by atoms with Crippen LogP contribution in [0.15, 0.2) is 71.8 Å². The van der Waals surface area contributed by atoms with Crippen LogP contribution < -0.4 is 25.0 Å². The molecule has 2 amide bonds. The maximum absolute atomic E-state index is 12.3. The molecule has 0 aliphatic carbocycles. The second kappa shape index (κ2) is 10.6. The van der Waals surface area contributed by atoms with Crippen molar-refractivity contribution in [3.8, 4) is 17.2 Å². The molecule has 0 saturated carbocycles. The zero-order chi connectivity index (χ0) is 22.9. The predicted octanol–water partition coefficient (Wildman–Crippen LogP) is 3.73. The molecule has 8 heteroatoms. The zero-order valence-electron chi connectivity index (χ0n) is 17.9. The Morgan fingerprint density at radius 3 is 2.00 bits per heavy atom. The van der Waals surface area contributed by atoms with Gasteiger partial charge in [-0.05, 0) is 72.3 Å². The van der Waals surface area contributed by atoms with E-state index in [4.69, 9.17) is 14.2 Å². The Labute approximate surface area is 185 Å². The fraction of sp³-hybridized carbons (Fsp3) is 0.125. The quantitative estimate of drug-likeness (QED) is 0.417. The third-order valence-corrected chi connectivity index (χ3v) is 4.54. The van der Waals surface area contributed by atoms with Gasteiger partial charge >= 0.3 is 0 Å². The number of hydrazone groups is 1. The van der Waals surface area contributed by atoms with Crippen LogP contribution in [-0.2, 0) is 0 Å². The fourth-order valence-corrected chi connectivity index (χ4v) is 2.81. The van der Waals surface area contributed by atoms with E-state index in [0.29, 0.717) is 34.1 Å². The zero-order valence-corrected chi connectivity index (χ0v) is 17.9. The summed E-state index contributed by atoms with van der Waals surface area (Å²) in [7, 11) is 4.67. The van der Waals surface area contributed by atoms with Gasteiger partial charge in [0.1, 0.15) is 5.75 Å². The molecule has 3 rings (SSSR count). The predicted molar refractivity (Wildman–Crippen MR) is 122 cm³/mol. The van der Waals surface area contributed by atoms with E-state index in [1.165, 1.54) is 6.21 Å². The van der Waals surface area contributed by atoms with Gasteiger partial charge in [-0.25, -0.2) is 5.43 Å². The van der Waals surface area contributed by atoms with Crippen molar-refractivity contribution in [2.45, 2.75) is 0 Å². The molecule has 3 aromatic carbocycles. The molecule has 8 nitrogen and oxygen atoms in total. The highest BCUT2D eigenvalue weighted by molar-refractivity contribution is 6.04. The Hall–Kier alpha value is -4.33. The molecule has 0 aliphatic rings. The lowest BCUT2D eigenvalue weighted by atomic mass is 10.1. The second-order valence-corrected chi connectivity index (χ2v) is 6.57. The Bertz CT molecular complexity index is 1110. The third kappa shape index (κ3) is 5.63. The number of benzene rings is 3. The number of hydrogen-bond donors (Lipinski definition) is 2. The summed E-state index contributed by atoms with van der Waals surface area (Å²) >= 11 is 0. The second-order valence-electron chi connectivity index (χ2n) is 6.57. The van der Waals surface area contributed by atoms with E-state index < -0.39 is 0 Å². The minimum Gasteiger partial charge on any atom is -0.497 e. The largest absolute Gasteiger partial charge is 0.497 e. The normalized spacial score (nSPS) is 10.5. The van der Waals surface area contributed by atoms with Gasteiger partial charge in [-0.2, -0.15) is 5.10 Å². The molecule has 164 valence electrons. The van der Waals surface area contributed by atoms with Crippen LogP contribution in [-0.4, -0.2) is 39.4 Å². The average molecular weight is 433 g/mol. The van der Waals surface area contributed by atoms with Crippen molar-refractivity contribution in [2.75, 3.05) is 26.6 Å². The number of hydrogen-bond acceptors (Lipinski definition) is 6. The molecule has 32 heavy (non-hydrogen) atoms. The molecule has 0 unspecified atom stereocenters. The lowest BCUT2D eigenvalue weighted by molar-refractivity contribution is 0.0954. The Kier molecular flexibility index (Phi) is 7.42. The number of ether oxygens (including phenoxy) is 3. The van der Waals surface area contributed by atoms with Crippen LogP contribution in [0.2, 0.25) is 0 Å². The Morgan fingerprint density at radius 2 is 1.38 bits per heavy atom. The molecule has 2 N–H and O–H groups in total. The van der Waals surface area contributed by atoms with Gasteiger partial charge in [0.15, 0.2) is 11.5 Å². The molecule has 3 aromatic rings. The van der Waals surface area contributed by atoms with Crippen molar-refractivity contribution in [3.63, 3.8) is 0 Å². The number of rotatable bonds is 8. The first kappa shape index (κ1) is 22.4. The van der Waals surface area contributed by atoms with Gasteiger partial charge in [0.05, 0.1) is 27.5 Å². The van der Waals surface area contributed by atoms with Crippen LogP contribution in [0.1, 0.15) is 26.3 Å². The molecular formula is C24H23N3O5. The van der Waals surface area contributed by atoms with Crippen LogP contribution in [0.25, 0.3) is 0 Å². The monoisotopic (exact) mass is 433 g/mol. The first-order chi connectivity index (χ1) is 15.5. The van der Waals surface area contributed by atoms with Crippen molar-refractivity contribution < 1.29 is 23.8 Å².